The first-order chi connectivity index (χ1) is 5.42. The average molecular weight is 147 g/mol. The fourth-order valence-electron chi connectivity index (χ4n) is 0.975. The van der Waals surface area contributed by atoms with Crippen LogP contribution in [0.4, 0.5) is 5.82 Å². The topological polar surface area (TPSA) is 76.9 Å². The van der Waals surface area contributed by atoms with Gasteiger partial charge in [-0.3, -0.25) is 10.1 Å². The number of nitrogens with one attached hydrogen (secondary N) is 2. The second kappa shape index (κ2) is 2.09. The number of H-pyrrole nitrogens is 1. The van der Waals surface area contributed by atoms with Gasteiger partial charge in [0, 0.05) is 0 Å². The largest absolute Gasteiger partial charge is 0.330 e. The molecule has 1 aromatic rings. The lowest BCUT2D eigenvalue weighted by molar-refractivity contribution is 1.06. The lowest BCUT2D eigenvalue weighted by atomic mass is 10.2. The number of anilines is 1. The summed E-state index contributed by atoms with van der Waals surface area (Å²) in [6, 6.07) is 2.00. The number of aromatic nitrogens is 2. The molecule has 0 aliphatic carbocycles. The van der Waals surface area contributed by atoms with Gasteiger partial charge in [0.05, 0.1) is 18.4 Å². The minimum atomic E-state index is 0.490. The van der Waals surface area contributed by atoms with Crippen molar-refractivity contribution >= 4 is 12.2 Å². The van der Waals surface area contributed by atoms with Crippen molar-refractivity contribution in [3.8, 4) is 6.07 Å². The third-order valence-electron chi connectivity index (χ3n) is 1.52. The molecule has 1 aromatic heterocycles. The molecule has 2 N–H and O–H groups in total. The van der Waals surface area contributed by atoms with Gasteiger partial charge >= 0.3 is 0 Å². The molecule has 0 amide bonds. The number of rotatable bonds is 0. The molecule has 0 saturated carbocycles. The van der Waals surface area contributed by atoms with Crippen LogP contribution in [0.15, 0.2) is 4.99 Å². The Labute approximate surface area is 62.8 Å². The van der Waals surface area contributed by atoms with Gasteiger partial charge in [-0.2, -0.15) is 10.4 Å². The summed E-state index contributed by atoms with van der Waals surface area (Å²) in [5.41, 5.74) is 1.33. The highest BCUT2D eigenvalue weighted by Gasteiger charge is 2.13. The normalized spacial score (nSPS) is 13.4. The molecule has 5 heteroatoms. The molecule has 2 rings (SSSR count). The fourth-order valence-corrected chi connectivity index (χ4v) is 0.975. The first-order valence-electron chi connectivity index (χ1n) is 3.14. The van der Waals surface area contributed by atoms with Crippen molar-refractivity contribution < 1.29 is 0 Å². The molecule has 0 fully saturated rings. The standard InChI is InChI=1S/C6H5N5/c7-1-5-4-2-8-3-9-6(4)11-10-5/h3H,2H2,(H2,8,9,10,11). The van der Waals surface area contributed by atoms with Crippen LogP contribution in [0, 0.1) is 11.3 Å². The van der Waals surface area contributed by atoms with Crippen LogP contribution in [0.2, 0.25) is 0 Å². The molecule has 54 valence electrons. The third-order valence-corrected chi connectivity index (χ3v) is 1.52. The predicted molar refractivity (Wildman–Crippen MR) is 39.1 cm³/mol. The van der Waals surface area contributed by atoms with Gasteiger partial charge in [0.25, 0.3) is 0 Å². The Morgan fingerprint density at radius 1 is 1.64 bits per heavy atom. The van der Waals surface area contributed by atoms with Crippen molar-refractivity contribution in [1.82, 2.24) is 10.2 Å². The molecule has 0 saturated heterocycles. The highest BCUT2D eigenvalue weighted by molar-refractivity contribution is 5.78. The summed E-state index contributed by atoms with van der Waals surface area (Å²) in [5.74, 6) is 0.705. The van der Waals surface area contributed by atoms with Crippen molar-refractivity contribution in [2.45, 2.75) is 6.54 Å². The van der Waals surface area contributed by atoms with E-state index in [1.54, 1.807) is 6.34 Å². The number of aromatic amines is 1. The number of hydrogen-bond donors (Lipinski definition) is 2. The smallest absolute Gasteiger partial charge is 0.159 e. The van der Waals surface area contributed by atoms with Crippen LogP contribution in [0.25, 0.3) is 0 Å². The van der Waals surface area contributed by atoms with Gasteiger partial charge in [0.15, 0.2) is 5.82 Å². The molecule has 0 spiro atoms. The summed E-state index contributed by atoms with van der Waals surface area (Å²) in [4.78, 5) is 3.95. The van der Waals surface area contributed by atoms with E-state index in [2.05, 4.69) is 20.5 Å². The minimum Gasteiger partial charge on any atom is -0.330 e. The molecular weight excluding hydrogens is 142 g/mol. The molecule has 2 heterocycles. The van der Waals surface area contributed by atoms with E-state index in [-0.39, 0.29) is 0 Å². The van der Waals surface area contributed by atoms with Crippen molar-refractivity contribution in [2.75, 3.05) is 5.32 Å². The van der Waals surface area contributed by atoms with E-state index in [9.17, 15) is 0 Å². The van der Waals surface area contributed by atoms with E-state index in [0.29, 0.717) is 18.1 Å². The van der Waals surface area contributed by atoms with Crippen LogP contribution in [-0.2, 0) is 6.54 Å². The average Bonchev–Trinajstić information content (AvgIpc) is 2.47. The van der Waals surface area contributed by atoms with Gasteiger partial charge in [-0.25, -0.2) is 0 Å². The molecule has 0 atom stereocenters. The molecular formula is C6H5N5. The van der Waals surface area contributed by atoms with Gasteiger partial charge < -0.3 is 5.32 Å². The Morgan fingerprint density at radius 2 is 2.55 bits per heavy atom. The van der Waals surface area contributed by atoms with E-state index in [1.165, 1.54) is 0 Å². The van der Waals surface area contributed by atoms with Crippen LogP contribution >= 0.6 is 0 Å². The van der Waals surface area contributed by atoms with Crippen LogP contribution in [0.5, 0.6) is 0 Å². The second-order valence-corrected chi connectivity index (χ2v) is 2.15. The summed E-state index contributed by atoms with van der Waals surface area (Å²) < 4.78 is 0. The van der Waals surface area contributed by atoms with Gasteiger partial charge in [-0.15, -0.1) is 0 Å². The first-order valence-corrected chi connectivity index (χ1v) is 3.14. The highest BCUT2D eigenvalue weighted by atomic mass is 15.2. The van der Waals surface area contributed by atoms with Gasteiger partial charge in [0.1, 0.15) is 11.8 Å². The maximum atomic E-state index is 8.58. The van der Waals surface area contributed by atoms with Crippen molar-refractivity contribution in [3.05, 3.63) is 11.3 Å². The van der Waals surface area contributed by atoms with Gasteiger partial charge in [-0.1, -0.05) is 0 Å². The maximum absolute atomic E-state index is 8.58. The van der Waals surface area contributed by atoms with E-state index in [0.717, 1.165) is 5.56 Å². The Morgan fingerprint density at radius 3 is 3.36 bits per heavy atom. The fraction of sp³-hybridized carbons (Fsp3) is 0.167. The zero-order valence-corrected chi connectivity index (χ0v) is 5.63. The van der Waals surface area contributed by atoms with Crippen molar-refractivity contribution in [3.63, 3.8) is 0 Å². The molecule has 1 aliphatic rings. The predicted octanol–water partition coefficient (Wildman–Crippen LogP) is 0.235. The molecule has 0 radical (unpaired) electrons. The molecule has 0 aromatic carbocycles. The van der Waals surface area contributed by atoms with Crippen molar-refractivity contribution in [2.24, 2.45) is 4.99 Å². The first kappa shape index (κ1) is 5.92. The number of nitrogens with zero attached hydrogens (tertiary/aromatic N) is 3. The molecule has 0 unspecified atom stereocenters. The Hall–Kier alpha value is -1.83. The van der Waals surface area contributed by atoms with E-state index in [4.69, 9.17) is 5.26 Å². The summed E-state index contributed by atoms with van der Waals surface area (Å²) in [7, 11) is 0. The zero-order chi connectivity index (χ0) is 7.68. The highest BCUT2D eigenvalue weighted by Crippen LogP contribution is 2.18. The van der Waals surface area contributed by atoms with Gasteiger partial charge in [0.2, 0.25) is 0 Å². The summed E-state index contributed by atoms with van der Waals surface area (Å²) >= 11 is 0. The second-order valence-electron chi connectivity index (χ2n) is 2.15. The van der Waals surface area contributed by atoms with E-state index < -0.39 is 0 Å². The van der Waals surface area contributed by atoms with Crippen LogP contribution < -0.4 is 5.32 Å². The third kappa shape index (κ3) is 0.765. The van der Waals surface area contributed by atoms with E-state index >= 15 is 0 Å². The quantitative estimate of drug-likeness (QED) is 0.551. The monoisotopic (exact) mass is 147 g/mol. The molecule has 1 aliphatic heterocycles. The Kier molecular flexibility index (Phi) is 1.13. The van der Waals surface area contributed by atoms with Crippen LogP contribution in [0.3, 0.4) is 0 Å². The van der Waals surface area contributed by atoms with Gasteiger partial charge in [-0.05, 0) is 0 Å². The summed E-state index contributed by atoms with van der Waals surface area (Å²) in [5, 5.41) is 17.9. The molecule has 11 heavy (non-hydrogen) atoms. The van der Waals surface area contributed by atoms with Crippen molar-refractivity contribution in [1.29, 1.82) is 5.26 Å². The lowest BCUT2D eigenvalue weighted by Gasteiger charge is -2.03. The lowest BCUT2D eigenvalue weighted by Crippen LogP contribution is -2.04. The maximum Gasteiger partial charge on any atom is 0.159 e. The summed E-state index contributed by atoms with van der Waals surface area (Å²) in [6.45, 7) is 0.529. The molecule has 0 bridgehead atoms. The summed E-state index contributed by atoms with van der Waals surface area (Å²) in [6.07, 6.45) is 1.57. The zero-order valence-electron chi connectivity index (χ0n) is 5.63. The Bertz CT molecular complexity index is 342. The minimum absolute atomic E-state index is 0.490. The number of aliphatic imine (C=N–C) groups is 1. The van der Waals surface area contributed by atoms with Crippen LogP contribution in [0.1, 0.15) is 11.3 Å². The van der Waals surface area contributed by atoms with Crippen LogP contribution in [-0.4, -0.2) is 16.5 Å². The Balaban J connectivity index is 2.52. The van der Waals surface area contributed by atoms with E-state index in [1.807, 2.05) is 6.07 Å². The number of hydrogen-bond acceptors (Lipinski definition) is 4. The number of nitriles is 1. The SMILES string of the molecule is N#Cc1[nH]nc2c1CN=CN2. The number of fused-ring (bicyclic) bond motifs is 1. The molecule has 5 nitrogen and oxygen atoms in total.